The molecule has 0 fully saturated rings. The van der Waals surface area contributed by atoms with Gasteiger partial charge in [-0.25, -0.2) is 4.68 Å². The smallest absolute Gasteiger partial charge is 0.130 e. The van der Waals surface area contributed by atoms with Crippen molar-refractivity contribution in [1.82, 2.24) is 15.0 Å². The molecule has 1 unspecified atom stereocenters. The summed E-state index contributed by atoms with van der Waals surface area (Å²) in [5.41, 5.74) is 1.93. The van der Waals surface area contributed by atoms with Crippen LogP contribution in [0.15, 0.2) is 24.3 Å². The zero-order chi connectivity index (χ0) is 11.5. The lowest BCUT2D eigenvalue weighted by molar-refractivity contribution is -0.117. The van der Waals surface area contributed by atoms with Gasteiger partial charge in [-0.15, -0.1) is 5.10 Å². The number of Topliss-reactive ketones (excluding diaryl/α,β-unsaturated/α-hetero) is 1. The minimum atomic E-state index is 0.219. The van der Waals surface area contributed by atoms with Crippen LogP contribution in [0.3, 0.4) is 0 Å². The van der Waals surface area contributed by atoms with Gasteiger partial charge >= 0.3 is 0 Å². The molecule has 16 heavy (non-hydrogen) atoms. The topological polar surface area (TPSA) is 47.8 Å². The van der Waals surface area contributed by atoms with E-state index in [0.29, 0.717) is 12.3 Å². The second-order valence-corrected chi connectivity index (χ2v) is 4.27. The standard InChI is InChI=1S/C12H15N3O/c1-9(7-10(2)16)8-15-12-6-4-3-5-11(12)13-14-15/h3-6,9H,7-8H2,1-2H3. The molecule has 0 bridgehead atoms. The van der Waals surface area contributed by atoms with Gasteiger partial charge in [0.05, 0.1) is 5.52 Å². The molecule has 0 aliphatic carbocycles. The molecule has 0 radical (unpaired) electrons. The van der Waals surface area contributed by atoms with Crippen LogP contribution in [0.5, 0.6) is 0 Å². The first-order valence-corrected chi connectivity index (χ1v) is 5.44. The van der Waals surface area contributed by atoms with Crippen LogP contribution in [-0.4, -0.2) is 20.8 Å². The molecule has 0 saturated heterocycles. The van der Waals surface area contributed by atoms with Gasteiger partial charge in [0.2, 0.25) is 0 Å². The first kappa shape index (κ1) is 10.8. The fourth-order valence-corrected chi connectivity index (χ4v) is 1.90. The summed E-state index contributed by atoms with van der Waals surface area (Å²) >= 11 is 0. The van der Waals surface area contributed by atoms with Crippen LogP contribution in [0.4, 0.5) is 0 Å². The molecule has 4 heteroatoms. The Labute approximate surface area is 94.3 Å². The first-order valence-electron chi connectivity index (χ1n) is 5.44. The molecule has 1 aromatic carbocycles. The molecule has 0 N–H and O–H groups in total. The van der Waals surface area contributed by atoms with Gasteiger partial charge in [0, 0.05) is 13.0 Å². The van der Waals surface area contributed by atoms with Crippen LogP contribution >= 0.6 is 0 Å². The molecule has 2 aromatic rings. The fraction of sp³-hybridized carbons (Fsp3) is 0.417. The third kappa shape index (κ3) is 2.27. The van der Waals surface area contributed by atoms with Gasteiger partial charge in [0.25, 0.3) is 0 Å². The predicted octanol–water partition coefficient (Wildman–Crippen LogP) is 2.05. The van der Waals surface area contributed by atoms with Gasteiger partial charge in [-0.1, -0.05) is 24.3 Å². The number of ketones is 1. The summed E-state index contributed by atoms with van der Waals surface area (Å²) < 4.78 is 1.86. The molecule has 1 atom stereocenters. The first-order chi connectivity index (χ1) is 7.66. The van der Waals surface area contributed by atoms with Crippen LogP contribution in [0.1, 0.15) is 20.3 Å². The van der Waals surface area contributed by atoms with E-state index in [1.807, 2.05) is 28.9 Å². The average Bonchev–Trinajstić information content (AvgIpc) is 2.61. The molecular weight excluding hydrogens is 202 g/mol. The summed E-state index contributed by atoms with van der Waals surface area (Å²) in [7, 11) is 0. The highest BCUT2D eigenvalue weighted by Crippen LogP contribution is 2.13. The van der Waals surface area contributed by atoms with Crippen LogP contribution in [-0.2, 0) is 11.3 Å². The number of benzene rings is 1. The molecule has 0 saturated carbocycles. The number of rotatable bonds is 4. The van der Waals surface area contributed by atoms with Crippen LogP contribution in [0, 0.1) is 5.92 Å². The molecule has 1 heterocycles. The Morgan fingerprint density at radius 1 is 1.44 bits per heavy atom. The average molecular weight is 217 g/mol. The highest BCUT2D eigenvalue weighted by Gasteiger charge is 2.09. The Balaban J connectivity index is 2.18. The maximum absolute atomic E-state index is 11.0. The van der Waals surface area contributed by atoms with Crippen molar-refractivity contribution in [1.29, 1.82) is 0 Å². The van der Waals surface area contributed by atoms with E-state index in [0.717, 1.165) is 17.6 Å². The van der Waals surface area contributed by atoms with Gasteiger partial charge in [0.1, 0.15) is 11.3 Å². The summed E-state index contributed by atoms with van der Waals surface area (Å²) in [5.74, 6) is 0.513. The maximum Gasteiger partial charge on any atom is 0.130 e. The largest absolute Gasteiger partial charge is 0.300 e. The molecule has 4 nitrogen and oxygen atoms in total. The van der Waals surface area contributed by atoms with Gasteiger partial charge in [-0.2, -0.15) is 0 Å². The summed E-state index contributed by atoms with van der Waals surface area (Å²) in [5, 5.41) is 8.18. The monoisotopic (exact) mass is 217 g/mol. The lowest BCUT2D eigenvalue weighted by Crippen LogP contribution is -2.11. The molecule has 1 aromatic heterocycles. The van der Waals surface area contributed by atoms with Crippen molar-refractivity contribution >= 4 is 16.8 Å². The lowest BCUT2D eigenvalue weighted by atomic mass is 10.1. The molecule has 84 valence electrons. The van der Waals surface area contributed by atoms with E-state index in [9.17, 15) is 4.79 Å². The number of para-hydroxylation sites is 1. The Bertz CT molecular complexity index is 504. The summed E-state index contributed by atoms with van der Waals surface area (Å²) in [6.45, 7) is 4.41. The molecule has 2 rings (SSSR count). The third-order valence-corrected chi connectivity index (χ3v) is 2.54. The number of carbonyl (C=O) groups excluding carboxylic acids is 1. The van der Waals surface area contributed by atoms with Gasteiger partial charge in [-0.3, -0.25) is 0 Å². The number of carbonyl (C=O) groups is 1. The molecule has 0 amide bonds. The van der Waals surface area contributed by atoms with Gasteiger partial charge in [0.15, 0.2) is 0 Å². The molecule has 0 aliphatic heterocycles. The van der Waals surface area contributed by atoms with E-state index in [1.54, 1.807) is 6.92 Å². The Kier molecular flexibility index (Phi) is 2.99. The SMILES string of the molecule is CC(=O)CC(C)Cn1nnc2ccccc21. The minimum absolute atomic E-state index is 0.219. The van der Waals surface area contributed by atoms with E-state index in [2.05, 4.69) is 17.2 Å². The molecule has 0 aliphatic rings. The zero-order valence-electron chi connectivity index (χ0n) is 9.55. The van der Waals surface area contributed by atoms with E-state index >= 15 is 0 Å². The Morgan fingerprint density at radius 3 is 2.94 bits per heavy atom. The van der Waals surface area contributed by atoms with E-state index in [-0.39, 0.29) is 5.78 Å². The van der Waals surface area contributed by atoms with Crippen molar-refractivity contribution in [3.8, 4) is 0 Å². The number of aromatic nitrogens is 3. The maximum atomic E-state index is 11.0. The van der Waals surface area contributed by atoms with Crippen molar-refractivity contribution in [3.05, 3.63) is 24.3 Å². The van der Waals surface area contributed by atoms with Crippen molar-refractivity contribution < 1.29 is 4.79 Å². The number of hydrogen-bond acceptors (Lipinski definition) is 3. The van der Waals surface area contributed by atoms with Gasteiger partial charge in [-0.05, 0) is 25.0 Å². The zero-order valence-corrected chi connectivity index (χ0v) is 9.55. The molecule has 0 spiro atoms. The fourth-order valence-electron chi connectivity index (χ4n) is 1.90. The van der Waals surface area contributed by atoms with E-state index in [1.165, 1.54) is 0 Å². The number of hydrogen-bond donors (Lipinski definition) is 0. The minimum Gasteiger partial charge on any atom is -0.300 e. The Morgan fingerprint density at radius 2 is 2.19 bits per heavy atom. The summed E-state index contributed by atoms with van der Waals surface area (Å²) in [6.07, 6.45) is 0.591. The summed E-state index contributed by atoms with van der Waals surface area (Å²) in [4.78, 5) is 11.0. The second kappa shape index (κ2) is 4.43. The Hall–Kier alpha value is -1.71. The quantitative estimate of drug-likeness (QED) is 0.787. The van der Waals surface area contributed by atoms with Crippen molar-refractivity contribution in [2.45, 2.75) is 26.8 Å². The van der Waals surface area contributed by atoms with E-state index in [4.69, 9.17) is 0 Å². The second-order valence-electron chi connectivity index (χ2n) is 4.27. The summed E-state index contributed by atoms with van der Waals surface area (Å²) in [6, 6.07) is 7.85. The van der Waals surface area contributed by atoms with Crippen molar-refractivity contribution in [2.75, 3.05) is 0 Å². The lowest BCUT2D eigenvalue weighted by Gasteiger charge is -2.09. The van der Waals surface area contributed by atoms with E-state index < -0.39 is 0 Å². The van der Waals surface area contributed by atoms with Gasteiger partial charge < -0.3 is 4.79 Å². The van der Waals surface area contributed by atoms with Crippen LogP contribution < -0.4 is 0 Å². The van der Waals surface area contributed by atoms with Crippen LogP contribution in [0.25, 0.3) is 11.0 Å². The normalized spacial score (nSPS) is 12.9. The third-order valence-electron chi connectivity index (χ3n) is 2.54. The predicted molar refractivity (Wildman–Crippen MR) is 62.0 cm³/mol. The number of nitrogens with zero attached hydrogens (tertiary/aromatic N) is 3. The number of fused-ring (bicyclic) bond motifs is 1. The van der Waals surface area contributed by atoms with Crippen LogP contribution in [0.2, 0.25) is 0 Å². The van der Waals surface area contributed by atoms with Crippen molar-refractivity contribution in [2.24, 2.45) is 5.92 Å². The highest BCUT2D eigenvalue weighted by molar-refractivity contribution is 5.76. The molecular formula is C12H15N3O. The highest BCUT2D eigenvalue weighted by atomic mass is 16.1. The van der Waals surface area contributed by atoms with Crippen molar-refractivity contribution in [3.63, 3.8) is 0 Å².